The van der Waals surface area contributed by atoms with Crippen molar-refractivity contribution in [1.82, 2.24) is 0 Å². The Morgan fingerprint density at radius 3 is 1.07 bits per heavy atom. The summed E-state index contributed by atoms with van der Waals surface area (Å²) in [7, 11) is -4.76. The number of hydrogen-bond donors (Lipinski definition) is 1. The second-order valence-corrected chi connectivity index (χ2v) is 13.0. The molecule has 1 atom stereocenters. The van der Waals surface area contributed by atoms with Gasteiger partial charge in [0.05, 0.1) is 19.6 Å². The van der Waals surface area contributed by atoms with Crippen LogP contribution in [0.2, 0.25) is 0 Å². The van der Waals surface area contributed by atoms with Crippen molar-refractivity contribution in [3.05, 3.63) is 0 Å². The molecule has 0 aromatic heterocycles. The third kappa shape index (κ3) is 39.3. The van der Waals surface area contributed by atoms with Crippen molar-refractivity contribution >= 4 is 140 Å². The summed E-state index contributed by atoms with van der Waals surface area (Å²) < 4.78 is 43.0. The summed E-state index contributed by atoms with van der Waals surface area (Å²) in [6, 6.07) is 0. The van der Waals surface area contributed by atoms with Crippen LogP contribution in [0.3, 0.4) is 0 Å². The van der Waals surface area contributed by atoms with E-state index >= 15 is 0 Å². The van der Waals surface area contributed by atoms with Gasteiger partial charge < -0.3 is 9.47 Å². The Hall–Kier alpha value is 2.85. The SMILES string of the molecule is CCCCCCCCCCCCCCOC(=O)CC(C(=O)OCCCCCCCCCCCCCC)S(=O)(=O)O.[NaH].[NaH].[NaH].[NaH]. The van der Waals surface area contributed by atoms with E-state index in [-0.39, 0.29) is 131 Å². The predicted molar refractivity (Wildman–Crippen MR) is 193 cm³/mol. The number of hydrogen-bond acceptors (Lipinski definition) is 6. The van der Waals surface area contributed by atoms with Crippen molar-refractivity contribution in [1.29, 1.82) is 0 Å². The second kappa shape index (κ2) is 42.0. The number of rotatable bonds is 30. The molecule has 0 aliphatic carbocycles. The van der Waals surface area contributed by atoms with Gasteiger partial charge in [-0.1, -0.05) is 155 Å². The molecule has 0 saturated carbocycles. The summed E-state index contributed by atoms with van der Waals surface area (Å²) in [5, 5.41) is -1.93. The number of ether oxygens (including phenoxy) is 2. The van der Waals surface area contributed by atoms with E-state index in [4.69, 9.17) is 9.47 Å². The van der Waals surface area contributed by atoms with E-state index in [2.05, 4.69) is 13.8 Å². The summed E-state index contributed by atoms with van der Waals surface area (Å²) in [6.07, 6.45) is 27.6. The molecule has 0 radical (unpaired) electrons. The molecule has 0 aliphatic heterocycles. The topological polar surface area (TPSA) is 107 Å². The van der Waals surface area contributed by atoms with Crippen molar-refractivity contribution < 1.29 is 32.0 Å². The molecular formula is C32H66Na4O7S. The van der Waals surface area contributed by atoms with Crippen molar-refractivity contribution in [2.24, 2.45) is 0 Å². The average molecular weight is 687 g/mol. The van der Waals surface area contributed by atoms with Crippen LogP contribution in [0, 0.1) is 0 Å². The van der Waals surface area contributed by atoms with Crippen LogP contribution in [0.25, 0.3) is 0 Å². The van der Waals surface area contributed by atoms with Crippen LogP contribution >= 0.6 is 0 Å². The normalized spacial score (nSPS) is 11.2. The molecule has 1 N–H and O–H groups in total. The van der Waals surface area contributed by atoms with E-state index in [0.717, 1.165) is 32.1 Å². The molecule has 0 spiro atoms. The van der Waals surface area contributed by atoms with Gasteiger partial charge in [-0.05, 0) is 12.8 Å². The molecule has 0 aromatic rings. The van der Waals surface area contributed by atoms with E-state index in [1.807, 2.05) is 0 Å². The monoisotopic (exact) mass is 686 g/mol. The van der Waals surface area contributed by atoms with Crippen LogP contribution in [-0.2, 0) is 29.2 Å². The zero-order chi connectivity index (χ0) is 29.7. The number of carbonyl (C=O) groups is 2. The Morgan fingerprint density at radius 2 is 0.773 bits per heavy atom. The van der Waals surface area contributed by atoms with Gasteiger partial charge in [-0.25, -0.2) is 0 Å². The summed E-state index contributed by atoms with van der Waals surface area (Å²) in [4.78, 5) is 24.3. The van der Waals surface area contributed by atoms with Gasteiger partial charge in [0.2, 0.25) is 0 Å². The minimum atomic E-state index is -4.76. The molecule has 0 saturated heterocycles. The first-order valence-corrected chi connectivity index (χ1v) is 18.1. The van der Waals surface area contributed by atoms with Gasteiger partial charge in [0.15, 0.2) is 5.25 Å². The third-order valence-corrected chi connectivity index (χ3v) is 8.56. The molecule has 0 amide bonds. The van der Waals surface area contributed by atoms with Crippen LogP contribution in [-0.4, -0.2) is 162 Å². The van der Waals surface area contributed by atoms with Crippen molar-refractivity contribution in [3.63, 3.8) is 0 Å². The van der Waals surface area contributed by atoms with Crippen LogP contribution < -0.4 is 0 Å². The summed E-state index contributed by atoms with van der Waals surface area (Å²) in [6.45, 7) is 4.72. The summed E-state index contributed by atoms with van der Waals surface area (Å²) >= 11 is 0. The molecule has 0 fully saturated rings. The third-order valence-electron chi connectivity index (χ3n) is 7.48. The molecular weight excluding hydrogens is 620 g/mol. The average Bonchev–Trinajstić information content (AvgIpc) is 2.91. The van der Waals surface area contributed by atoms with E-state index in [1.165, 1.54) is 109 Å². The fourth-order valence-electron chi connectivity index (χ4n) is 4.86. The summed E-state index contributed by atoms with van der Waals surface area (Å²) in [5.41, 5.74) is 0. The molecule has 246 valence electrons. The first-order valence-electron chi connectivity index (χ1n) is 16.6. The van der Waals surface area contributed by atoms with Crippen molar-refractivity contribution in [2.45, 2.75) is 180 Å². The maximum absolute atomic E-state index is 12.2. The van der Waals surface area contributed by atoms with Crippen LogP contribution in [0.1, 0.15) is 174 Å². The number of unbranched alkanes of at least 4 members (excludes halogenated alkanes) is 22. The van der Waals surface area contributed by atoms with Gasteiger partial charge in [-0.2, -0.15) is 8.42 Å². The fraction of sp³-hybridized carbons (Fsp3) is 0.938. The van der Waals surface area contributed by atoms with Gasteiger partial charge in [-0.15, -0.1) is 0 Å². The van der Waals surface area contributed by atoms with Gasteiger partial charge in [0, 0.05) is 0 Å². The molecule has 44 heavy (non-hydrogen) atoms. The first-order chi connectivity index (χ1) is 19.3. The van der Waals surface area contributed by atoms with E-state index in [9.17, 15) is 22.6 Å². The zero-order valence-corrected chi connectivity index (χ0v) is 26.8. The van der Waals surface area contributed by atoms with Crippen molar-refractivity contribution in [3.8, 4) is 0 Å². The number of carbonyl (C=O) groups excluding carboxylic acids is 2. The molecule has 0 heterocycles. The number of esters is 2. The van der Waals surface area contributed by atoms with Gasteiger partial charge in [0.25, 0.3) is 10.1 Å². The van der Waals surface area contributed by atoms with Crippen LogP contribution in [0.4, 0.5) is 0 Å². The molecule has 0 aliphatic rings. The van der Waals surface area contributed by atoms with Gasteiger partial charge in [-0.3, -0.25) is 14.1 Å². The molecule has 0 rings (SSSR count). The van der Waals surface area contributed by atoms with Crippen molar-refractivity contribution in [2.75, 3.05) is 13.2 Å². The molecule has 7 nitrogen and oxygen atoms in total. The van der Waals surface area contributed by atoms with Crippen LogP contribution in [0.15, 0.2) is 0 Å². The molecule has 1 unspecified atom stereocenters. The molecule has 12 heteroatoms. The summed E-state index contributed by atoms with van der Waals surface area (Å²) in [5.74, 6) is -1.90. The molecule has 0 bridgehead atoms. The maximum atomic E-state index is 12.2. The Bertz CT molecular complexity index is 713. The second-order valence-electron chi connectivity index (χ2n) is 11.4. The Labute approximate surface area is 360 Å². The molecule has 0 aromatic carbocycles. The van der Waals surface area contributed by atoms with Gasteiger partial charge >= 0.3 is 130 Å². The van der Waals surface area contributed by atoms with E-state index in [1.54, 1.807) is 0 Å². The fourth-order valence-corrected chi connectivity index (χ4v) is 5.52. The van der Waals surface area contributed by atoms with E-state index < -0.39 is 33.7 Å². The predicted octanol–water partition coefficient (Wildman–Crippen LogP) is 6.53. The first kappa shape index (κ1) is 56.2. The van der Waals surface area contributed by atoms with Gasteiger partial charge in [0.1, 0.15) is 0 Å². The zero-order valence-electron chi connectivity index (χ0n) is 26.0. The standard InChI is InChI=1S/C32H62O7S.4Na.4H/c1-3-5-7-9-11-13-15-17-19-21-23-25-27-38-31(33)29-30(40(35,36)37)32(34)39-28-26-24-22-20-18-16-14-12-10-8-6-4-2;;;;;;;;/h30H,3-29H2,1-2H3,(H,35,36,37);;;;;;;;. The van der Waals surface area contributed by atoms with E-state index in [0.29, 0.717) is 12.8 Å². The Morgan fingerprint density at radius 1 is 0.500 bits per heavy atom. The van der Waals surface area contributed by atoms with Crippen LogP contribution in [0.5, 0.6) is 0 Å². The Balaban J connectivity index is -0.00000127. The minimum absolute atomic E-state index is 0. The quantitative estimate of drug-likeness (QED) is 0.0397. The Kier molecular flexibility index (Phi) is 53.7.